The molecule has 60 heavy (non-hydrogen) atoms. The van der Waals surface area contributed by atoms with E-state index in [9.17, 15) is 0 Å². The fourth-order valence-electron chi connectivity index (χ4n) is 9.59. The molecule has 0 N–H and O–H groups in total. The van der Waals surface area contributed by atoms with Gasteiger partial charge in [0.2, 0.25) is 0 Å². The van der Waals surface area contributed by atoms with Crippen molar-refractivity contribution in [2.75, 3.05) is 4.90 Å². The normalized spacial score (nSPS) is 11.7. The maximum Gasteiger partial charge on any atom is 0.0547 e. The van der Waals surface area contributed by atoms with Crippen LogP contribution in [0.4, 0.5) is 17.1 Å². The van der Waals surface area contributed by atoms with E-state index < -0.39 is 0 Å². The Balaban J connectivity index is 1.02. The molecule has 0 fully saturated rings. The highest BCUT2D eigenvalue weighted by Crippen LogP contribution is 2.44. The van der Waals surface area contributed by atoms with Gasteiger partial charge in [-0.15, -0.1) is 0 Å². The van der Waals surface area contributed by atoms with Crippen LogP contribution in [0, 0.1) is 0 Å². The molecule has 11 aromatic carbocycles. The number of fused-ring (bicyclic) bond motifs is 8. The van der Waals surface area contributed by atoms with Gasteiger partial charge in [-0.2, -0.15) is 0 Å². The molecule has 1 aromatic heterocycles. The van der Waals surface area contributed by atoms with E-state index in [1.807, 2.05) is 0 Å². The van der Waals surface area contributed by atoms with E-state index in [0.717, 1.165) is 22.7 Å². The second-order valence-electron chi connectivity index (χ2n) is 15.7. The second-order valence-corrected chi connectivity index (χ2v) is 15.7. The number of anilines is 3. The first kappa shape index (κ1) is 34.1. The number of nitrogens with zero attached hydrogens (tertiary/aromatic N) is 2. The minimum Gasteiger partial charge on any atom is -0.310 e. The molecule has 2 nitrogen and oxygen atoms in total. The van der Waals surface area contributed by atoms with E-state index >= 15 is 0 Å². The minimum absolute atomic E-state index is 1.10. The van der Waals surface area contributed by atoms with Crippen LogP contribution in [0.5, 0.6) is 0 Å². The van der Waals surface area contributed by atoms with Crippen LogP contribution in [0.25, 0.3) is 92.8 Å². The van der Waals surface area contributed by atoms with Gasteiger partial charge in [0.05, 0.1) is 16.7 Å². The molecule has 0 aliphatic carbocycles. The molecule has 0 radical (unpaired) electrons. The SMILES string of the molecule is c1cc(-c2cccc3c2c2ccccc2n3-c2ccc3c(ccc4ccccc43)c2)cc(N(c2ccc(-c3cccc4ccccc34)cc2)c2cccc3ccccc23)c1. The molecule has 0 aliphatic rings. The average molecular weight is 763 g/mol. The minimum atomic E-state index is 1.10. The molecule has 0 spiro atoms. The van der Waals surface area contributed by atoms with Gasteiger partial charge in [-0.05, 0) is 115 Å². The third-order valence-corrected chi connectivity index (χ3v) is 12.3. The third kappa shape index (κ3) is 5.50. The summed E-state index contributed by atoms with van der Waals surface area (Å²) >= 11 is 0. The van der Waals surface area contributed by atoms with Crippen molar-refractivity contribution in [2.24, 2.45) is 0 Å². The largest absolute Gasteiger partial charge is 0.310 e. The maximum absolute atomic E-state index is 2.44. The van der Waals surface area contributed by atoms with Crippen LogP contribution >= 0.6 is 0 Å². The molecule has 2 heteroatoms. The summed E-state index contributed by atoms with van der Waals surface area (Å²) in [6.07, 6.45) is 0. The standard InChI is InChI=1S/C58H38N2/c1-4-20-48-39(13-1)16-10-24-50(48)42-31-33-45(34-32-42)59(55-27-11-17-40-14-3-6-22-52(40)55)46-19-9-18-43(37-46)53-25-12-28-57-58(53)54-23-7-8-26-56(54)60(57)47-35-36-51-44(38-47)30-29-41-15-2-5-21-49(41)51/h1-38H. The second kappa shape index (κ2) is 13.9. The molecule has 0 bridgehead atoms. The Hall–Kier alpha value is -7.94. The Morgan fingerprint density at radius 1 is 0.300 bits per heavy atom. The van der Waals surface area contributed by atoms with Gasteiger partial charge in [0.1, 0.15) is 0 Å². The van der Waals surface area contributed by atoms with Crippen LogP contribution < -0.4 is 4.90 Å². The Kier molecular flexibility index (Phi) is 7.89. The quantitative estimate of drug-likeness (QED) is 0.153. The summed E-state index contributed by atoms with van der Waals surface area (Å²) in [5.41, 5.74) is 11.7. The van der Waals surface area contributed by atoms with Crippen molar-refractivity contribution in [3.8, 4) is 27.9 Å². The van der Waals surface area contributed by atoms with E-state index in [2.05, 4.69) is 240 Å². The molecule has 280 valence electrons. The topological polar surface area (TPSA) is 8.17 Å². The maximum atomic E-state index is 2.44. The van der Waals surface area contributed by atoms with Crippen molar-refractivity contribution in [1.29, 1.82) is 0 Å². The Labute approximate surface area is 348 Å². The summed E-state index contributed by atoms with van der Waals surface area (Å²) in [6, 6.07) is 84.3. The monoisotopic (exact) mass is 762 g/mol. The van der Waals surface area contributed by atoms with Gasteiger partial charge >= 0.3 is 0 Å². The number of hydrogen-bond donors (Lipinski definition) is 0. The lowest BCUT2D eigenvalue weighted by atomic mass is 9.97. The molecule has 0 atom stereocenters. The van der Waals surface area contributed by atoms with Gasteiger partial charge in [-0.25, -0.2) is 0 Å². The highest BCUT2D eigenvalue weighted by molar-refractivity contribution is 6.16. The molecule has 0 unspecified atom stereocenters. The van der Waals surface area contributed by atoms with Crippen LogP contribution in [-0.2, 0) is 0 Å². The third-order valence-electron chi connectivity index (χ3n) is 12.3. The van der Waals surface area contributed by atoms with Crippen LogP contribution in [-0.4, -0.2) is 4.57 Å². The van der Waals surface area contributed by atoms with Gasteiger partial charge in [0, 0.05) is 33.2 Å². The lowest BCUT2D eigenvalue weighted by molar-refractivity contribution is 1.19. The van der Waals surface area contributed by atoms with Crippen LogP contribution in [0.1, 0.15) is 0 Å². The Morgan fingerprint density at radius 3 is 1.72 bits per heavy atom. The summed E-state index contributed by atoms with van der Waals surface area (Å²) in [4.78, 5) is 2.42. The summed E-state index contributed by atoms with van der Waals surface area (Å²) in [5, 5.41) is 12.5. The van der Waals surface area contributed by atoms with Crippen molar-refractivity contribution in [3.63, 3.8) is 0 Å². The van der Waals surface area contributed by atoms with E-state index in [-0.39, 0.29) is 0 Å². The molecule has 12 rings (SSSR count). The number of aromatic nitrogens is 1. The summed E-state index contributed by atoms with van der Waals surface area (Å²) < 4.78 is 2.44. The van der Waals surface area contributed by atoms with E-state index in [4.69, 9.17) is 0 Å². The molecule has 0 aliphatic heterocycles. The molecule has 12 aromatic rings. The fraction of sp³-hybridized carbons (Fsp3) is 0. The van der Waals surface area contributed by atoms with E-state index in [1.54, 1.807) is 0 Å². The number of rotatable bonds is 6. The first-order chi connectivity index (χ1) is 29.8. The number of para-hydroxylation sites is 1. The molecule has 0 saturated heterocycles. The highest BCUT2D eigenvalue weighted by atomic mass is 15.1. The Bertz CT molecular complexity index is 3600. The van der Waals surface area contributed by atoms with Gasteiger partial charge in [-0.1, -0.05) is 176 Å². The zero-order valence-electron chi connectivity index (χ0n) is 32.8. The van der Waals surface area contributed by atoms with Crippen molar-refractivity contribution in [3.05, 3.63) is 231 Å². The zero-order valence-corrected chi connectivity index (χ0v) is 32.8. The molecular weight excluding hydrogens is 725 g/mol. The molecular formula is C58H38N2. The van der Waals surface area contributed by atoms with Crippen LogP contribution in [0.3, 0.4) is 0 Å². The zero-order chi connectivity index (χ0) is 39.6. The van der Waals surface area contributed by atoms with Crippen LogP contribution in [0.15, 0.2) is 231 Å². The van der Waals surface area contributed by atoms with E-state index in [1.165, 1.54) is 87.1 Å². The fourth-order valence-corrected chi connectivity index (χ4v) is 9.59. The molecule has 1 heterocycles. The average Bonchev–Trinajstić information content (AvgIpc) is 3.66. The predicted octanol–water partition coefficient (Wildman–Crippen LogP) is 16.2. The van der Waals surface area contributed by atoms with Gasteiger partial charge in [-0.3, -0.25) is 0 Å². The first-order valence-electron chi connectivity index (χ1n) is 20.7. The smallest absolute Gasteiger partial charge is 0.0547 e. The lowest BCUT2D eigenvalue weighted by Gasteiger charge is -2.27. The van der Waals surface area contributed by atoms with E-state index in [0.29, 0.717) is 0 Å². The summed E-state index contributed by atoms with van der Waals surface area (Å²) in [5.74, 6) is 0. The van der Waals surface area contributed by atoms with Gasteiger partial charge < -0.3 is 9.47 Å². The van der Waals surface area contributed by atoms with Crippen molar-refractivity contribution in [2.45, 2.75) is 0 Å². The first-order valence-corrected chi connectivity index (χ1v) is 20.7. The summed E-state index contributed by atoms with van der Waals surface area (Å²) in [6.45, 7) is 0. The van der Waals surface area contributed by atoms with Gasteiger partial charge in [0.25, 0.3) is 0 Å². The van der Waals surface area contributed by atoms with Crippen molar-refractivity contribution < 1.29 is 0 Å². The van der Waals surface area contributed by atoms with Crippen molar-refractivity contribution in [1.82, 2.24) is 4.57 Å². The molecule has 0 saturated carbocycles. The lowest BCUT2D eigenvalue weighted by Crippen LogP contribution is -2.10. The van der Waals surface area contributed by atoms with Gasteiger partial charge in [0.15, 0.2) is 0 Å². The number of benzene rings is 11. The molecule has 0 amide bonds. The van der Waals surface area contributed by atoms with Crippen LogP contribution in [0.2, 0.25) is 0 Å². The number of hydrogen-bond acceptors (Lipinski definition) is 1. The predicted molar refractivity (Wildman–Crippen MR) is 256 cm³/mol. The summed E-state index contributed by atoms with van der Waals surface area (Å²) in [7, 11) is 0. The highest BCUT2D eigenvalue weighted by Gasteiger charge is 2.20. The Morgan fingerprint density at radius 2 is 0.883 bits per heavy atom. The van der Waals surface area contributed by atoms with Crippen molar-refractivity contribution >= 4 is 82.0 Å².